The topological polar surface area (TPSA) is 105 Å². The Morgan fingerprint density at radius 2 is 1.56 bits per heavy atom. The third-order valence-corrected chi connectivity index (χ3v) is 5.46. The maximum Gasteiger partial charge on any atom is 0.270 e. The summed E-state index contributed by atoms with van der Waals surface area (Å²) in [7, 11) is 0. The van der Waals surface area contributed by atoms with E-state index in [-0.39, 0.29) is 35.4 Å². The van der Waals surface area contributed by atoms with E-state index in [0.29, 0.717) is 31.9 Å². The number of amides is 2. The number of piperazine rings is 1. The van der Waals surface area contributed by atoms with E-state index in [9.17, 15) is 19.7 Å². The standard InChI is InChI=1S/C25H24N4O5/c30-24(26-19-7-3-1-4-8-19)18-27-13-15-28(16-14-27)25(31)22-17-20(29(32)33)11-12-23(22)34-21-9-5-2-6-10-21/h1-12,17H,13-16,18H2,(H,26,30). The summed E-state index contributed by atoms with van der Waals surface area (Å²) in [6.07, 6.45) is 0. The van der Waals surface area contributed by atoms with Crippen LogP contribution in [0.3, 0.4) is 0 Å². The van der Waals surface area contributed by atoms with E-state index in [1.54, 1.807) is 29.2 Å². The Hall–Kier alpha value is -4.24. The third kappa shape index (κ3) is 5.76. The van der Waals surface area contributed by atoms with Crippen LogP contribution in [-0.2, 0) is 4.79 Å². The first-order valence-corrected chi connectivity index (χ1v) is 10.9. The van der Waals surface area contributed by atoms with Gasteiger partial charge in [-0.15, -0.1) is 0 Å². The van der Waals surface area contributed by atoms with E-state index in [2.05, 4.69) is 5.32 Å². The second-order valence-electron chi connectivity index (χ2n) is 7.84. The average molecular weight is 460 g/mol. The van der Waals surface area contributed by atoms with Gasteiger partial charge in [-0.1, -0.05) is 36.4 Å². The van der Waals surface area contributed by atoms with Crippen molar-refractivity contribution in [2.75, 3.05) is 38.0 Å². The minimum absolute atomic E-state index is 0.122. The zero-order valence-electron chi connectivity index (χ0n) is 18.4. The summed E-state index contributed by atoms with van der Waals surface area (Å²) >= 11 is 0. The van der Waals surface area contributed by atoms with Crippen LogP contribution < -0.4 is 10.1 Å². The van der Waals surface area contributed by atoms with Crippen LogP contribution in [0.2, 0.25) is 0 Å². The Labute approximate surface area is 196 Å². The first-order chi connectivity index (χ1) is 16.5. The van der Waals surface area contributed by atoms with Gasteiger partial charge in [0.15, 0.2) is 0 Å². The third-order valence-electron chi connectivity index (χ3n) is 5.46. The lowest BCUT2D eigenvalue weighted by Gasteiger charge is -2.34. The van der Waals surface area contributed by atoms with Gasteiger partial charge >= 0.3 is 0 Å². The van der Waals surface area contributed by atoms with Gasteiger partial charge in [0.1, 0.15) is 11.5 Å². The van der Waals surface area contributed by atoms with Gasteiger partial charge < -0.3 is 15.0 Å². The summed E-state index contributed by atoms with van der Waals surface area (Å²) in [5.74, 6) is 0.317. The molecular formula is C25H24N4O5. The minimum Gasteiger partial charge on any atom is -0.457 e. The number of nitro benzene ring substituents is 1. The molecule has 3 aromatic carbocycles. The van der Waals surface area contributed by atoms with Crippen molar-refractivity contribution in [3.05, 3.63) is 94.5 Å². The fourth-order valence-corrected chi connectivity index (χ4v) is 3.71. The zero-order valence-corrected chi connectivity index (χ0v) is 18.4. The van der Waals surface area contributed by atoms with Gasteiger partial charge in [-0.25, -0.2) is 0 Å². The normalized spacial score (nSPS) is 13.8. The monoisotopic (exact) mass is 460 g/mol. The maximum atomic E-state index is 13.3. The number of nitrogens with one attached hydrogen (secondary N) is 1. The van der Waals surface area contributed by atoms with Crippen LogP contribution in [0.1, 0.15) is 10.4 Å². The van der Waals surface area contributed by atoms with Crippen LogP contribution in [0, 0.1) is 10.1 Å². The SMILES string of the molecule is O=C(CN1CCN(C(=O)c2cc([N+](=O)[O-])ccc2Oc2ccccc2)CC1)Nc1ccccc1. The Morgan fingerprint density at radius 3 is 2.21 bits per heavy atom. The number of nitrogens with zero attached hydrogens (tertiary/aromatic N) is 3. The molecule has 0 aromatic heterocycles. The average Bonchev–Trinajstić information content (AvgIpc) is 2.85. The molecule has 1 N–H and O–H groups in total. The Balaban J connectivity index is 1.41. The van der Waals surface area contributed by atoms with Crippen LogP contribution in [0.4, 0.5) is 11.4 Å². The van der Waals surface area contributed by atoms with Crippen LogP contribution in [0.5, 0.6) is 11.5 Å². The minimum atomic E-state index is -0.535. The van der Waals surface area contributed by atoms with Crippen LogP contribution in [0.25, 0.3) is 0 Å². The van der Waals surface area contributed by atoms with Gasteiger partial charge in [0.05, 0.1) is 17.0 Å². The van der Waals surface area contributed by atoms with Crippen molar-refractivity contribution >= 4 is 23.2 Å². The second-order valence-corrected chi connectivity index (χ2v) is 7.84. The van der Waals surface area contributed by atoms with Crippen LogP contribution in [0.15, 0.2) is 78.9 Å². The van der Waals surface area contributed by atoms with E-state index in [0.717, 1.165) is 5.69 Å². The van der Waals surface area contributed by atoms with Gasteiger partial charge in [0, 0.05) is 44.0 Å². The predicted molar refractivity (Wildman–Crippen MR) is 127 cm³/mol. The molecular weight excluding hydrogens is 436 g/mol. The number of nitro groups is 1. The number of rotatable bonds is 7. The highest BCUT2D eigenvalue weighted by molar-refractivity contribution is 5.98. The molecule has 4 rings (SSSR count). The highest BCUT2D eigenvalue weighted by atomic mass is 16.6. The maximum absolute atomic E-state index is 13.3. The molecule has 1 heterocycles. The number of carbonyl (C=O) groups is 2. The molecule has 9 heteroatoms. The number of ether oxygens (including phenoxy) is 1. The van der Waals surface area contributed by atoms with Gasteiger partial charge in [-0.3, -0.25) is 24.6 Å². The fourth-order valence-electron chi connectivity index (χ4n) is 3.71. The number of para-hydroxylation sites is 2. The van der Waals surface area contributed by atoms with E-state index in [1.165, 1.54) is 18.2 Å². The Kier molecular flexibility index (Phi) is 7.14. The van der Waals surface area contributed by atoms with E-state index >= 15 is 0 Å². The highest BCUT2D eigenvalue weighted by Crippen LogP contribution is 2.30. The van der Waals surface area contributed by atoms with Crippen LogP contribution in [-0.4, -0.2) is 59.3 Å². The van der Waals surface area contributed by atoms with Gasteiger partial charge in [0.2, 0.25) is 5.91 Å². The van der Waals surface area contributed by atoms with Crippen molar-refractivity contribution in [2.45, 2.75) is 0 Å². The quantitative estimate of drug-likeness (QED) is 0.425. The molecule has 9 nitrogen and oxygen atoms in total. The summed E-state index contributed by atoms with van der Waals surface area (Å²) in [6.45, 7) is 2.03. The Bertz CT molecular complexity index is 1160. The molecule has 3 aromatic rings. The molecule has 174 valence electrons. The molecule has 1 saturated heterocycles. The molecule has 1 fully saturated rings. The molecule has 0 saturated carbocycles. The van der Waals surface area contributed by atoms with Crippen molar-refractivity contribution in [1.82, 2.24) is 9.80 Å². The molecule has 0 spiro atoms. The number of benzene rings is 3. The smallest absolute Gasteiger partial charge is 0.270 e. The van der Waals surface area contributed by atoms with Gasteiger partial charge in [0.25, 0.3) is 11.6 Å². The van der Waals surface area contributed by atoms with Crippen molar-refractivity contribution in [3.63, 3.8) is 0 Å². The molecule has 0 unspecified atom stereocenters. The number of hydrogen-bond donors (Lipinski definition) is 1. The number of carbonyl (C=O) groups excluding carboxylic acids is 2. The number of non-ortho nitro benzene ring substituents is 1. The molecule has 0 bridgehead atoms. The lowest BCUT2D eigenvalue weighted by molar-refractivity contribution is -0.384. The summed E-state index contributed by atoms with van der Waals surface area (Å²) in [4.78, 5) is 40.0. The lowest BCUT2D eigenvalue weighted by Crippen LogP contribution is -2.50. The largest absolute Gasteiger partial charge is 0.457 e. The molecule has 1 aliphatic rings. The number of anilines is 1. The number of hydrogen-bond acceptors (Lipinski definition) is 6. The Morgan fingerprint density at radius 1 is 0.912 bits per heavy atom. The molecule has 1 aliphatic heterocycles. The predicted octanol–water partition coefficient (Wildman–Crippen LogP) is 3.78. The van der Waals surface area contributed by atoms with E-state index < -0.39 is 4.92 Å². The first kappa shape index (κ1) is 22.9. The van der Waals surface area contributed by atoms with Crippen LogP contribution >= 0.6 is 0 Å². The molecule has 34 heavy (non-hydrogen) atoms. The summed E-state index contributed by atoms with van der Waals surface area (Å²) in [5, 5.41) is 14.1. The molecule has 0 radical (unpaired) electrons. The van der Waals surface area contributed by atoms with Crippen molar-refractivity contribution < 1.29 is 19.2 Å². The van der Waals surface area contributed by atoms with Crippen molar-refractivity contribution in [1.29, 1.82) is 0 Å². The zero-order chi connectivity index (χ0) is 23.9. The lowest BCUT2D eigenvalue weighted by atomic mass is 10.1. The second kappa shape index (κ2) is 10.6. The molecule has 0 aliphatic carbocycles. The van der Waals surface area contributed by atoms with Gasteiger partial charge in [-0.05, 0) is 30.3 Å². The van der Waals surface area contributed by atoms with Crippen molar-refractivity contribution in [3.8, 4) is 11.5 Å². The van der Waals surface area contributed by atoms with Gasteiger partial charge in [-0.2, -0.15) is 0 Å². The molecule has 0 atom stereocenters. The van der Waals surface area contributed by atoms with Crippen molar-refractivity contribution in [2.24, 2.45) is 0 Å². The first-order valence-electron chi connectivity index (χ1n) is 10.9. The summed E-state index contributed by atoms with van der Waals surface area (Å²) in [5.41, 5.74) is 0.686. The van der Waals surface area contributed by atoms with E-state index in [4.69, 9.17) is 4.74 Å². The highest BCUT2D eigenvalue weighted by Gasteiger charge is 2.27. The summed E-state index contributed by atoms with van der Waals surface area (Å²) < 4.78 is 5.85. The van der Waals surface area contributed by atoms with E-state index in [1.807, 2.05) is 41.3 Å². The molecule has 2 amide bonds. The summed E-state index contributed by atoms with van der Waals surface area (Å²) in [6, 6.07) is 22.2. The fraction of sp³-hybridized carbons (Fsp3) is 0.200.